The summed E-state index contributed by atoms with van der Waals surface area (Å²) in [5, 5.41) is 3.36. The zero-order valence-electron chi connectivity index (χ0n) is 8.39. The Bertz CT molecular complexity index is 308. The van der Waals surface area contributed by atoms with Crippen LogP contribution in [0.1, 0.15) is 26.3 Å². The van der Waals surface area contributed by atoms with Crippen LogP contribution in [0, 0.1) is 12.3 Å². The molecule has 0 aliphatic rings. The van der Waals surface area contributed by atoms with E-state index < -0.39 is 0 Å². The Hall–Kier alpha value is -1.42. The summed E-state index contributed by atoms with van der Waals surface area (Å²) in [7, 11) is 0. The summed E-state index contributed by atoms with van der Waals surface area (Å²) in [4.78, 5) is 0. The van der Waals surface area contributed by atoms with E-state index in [-0.39, 0.29) is 5.54 Å². The van der Waals surface area contributed by atoms with Crippen molar-refractivity contribution in [2.45, 2.75) is 26.3 Å². The zero-order valence-corrected chi connectivity index (χ0v) is 8.39. The number of rotatable bonds is 1. The van der Waals surface area contributed by atoms with Gasteiger partial charge in [-0.2, -0.15) is 0 Å². The fraction of sp³-hybridized carbons (Fsp3) is 0.333. The molecule has 0 aliphatic carbocycles. The molecule has 0 fully saturated rings. The quantitative estimate of drug-likeness (QED) is 0.644. The molecule has 68 valence electrons. The first-order chi connectivity index (χ1) is 6.01. The maximum Gasteiger partial charge on any atom is 0.0345 e. The van der Waals surface area contributed by atoms with E-state index in [1.54, 1.807) is 0 Å². The Kier molecular flexibility index (Phi) is 2.63. The largest absolute Gasteiger partial charge is 0.380 e. The average Bonchev–Trinajstić information content (AvgIpc) is 2.03. The molecule has 0 aromatic heterocycles. The molecular weight excluding hydrogens is 158 g/mol. The molecule has 13 heavy (non-hydrogen) atoms. The molecule has 0 saturated carbocycles. The van der Waals surface area contributed by atoms with E-state index in [4.69, 9.17) is 6.42 Å². The van der Waals surface area contributed by atoms with Gasteiger partial charge in [-0.05, 0) is 45.0 Å². The molecule has 1 aromatic rings. The molecule has 1 heteroatoms. The lowest BCUT2D eigenvalue weighted by Crippen LogP contribution is -2.25. The van der Waals surface area contributed by atoms with Gasteiger partial charge in [-0.25, -0.2) is 0 Å². The lowest BCUT2D eigenvalue weighted by atomic mass is 10.1. The molecule has 1 rings (SSSR count). The zero-order chi connectivity index (χ0) is 9.90. The third kappa shape index (κ3) is 3.21. The SMILES string of the molecule is C#Cc1ccc(NC(C)(C)C)cc1. The van der Waals surface area contributed by atoms with Crippen molar-refractivity contribution in [1.29, 1.82) is 0 Å². The van der Waals surface area contributed by atoms with Crippen molar-refractivity contribution in [2.75, 3.05) is 5.32 Å². The molecule has 1 N–H and O–H groups in total. The second-order valence-electron chi connectivity index (χ2n) is 4.10. The monoisotopic (exact) mass is 173 g/mol. The number of hydrogen-bond acceptors (Lipinski definition) is 1. The highest BCUT2D eigenvalue weighted by Gasteiger charge is 2.08. The summed E-state index contributed by atoms with van der Waals surface area (Å²) in [6, 6.07) is 7.88. The van der Waals surface area contributed by atoms with Crippen molar-refractivity contribution < 1.29 is 0 Å². The van der Waals surface area contributed by atoms with E-state index >= 15 is 0 Å². The highest BCUT2D eigenvalue weighted by Crippen LogP contribution is 2.14. The average molecular weight is 173 g/mol. The van der Waals surface area contributed by atoms with Crippen LogP contribution < -0.4 is 5.32 Å². The van der Waals surface area contributed by atoms with Gasteiger partial charge in [0.25, 0.3) is 0 Å². The third-order valence-corrected chi connectivity index (χ3v) is 1.57. The minimum atomic E-state index is 0.0949. The van der Waals surface area contributed by atoms with Gasteiger partial charge in [0.2, 0.25) is 0 Å². The third-order valence-electron chi connectivity index (χ3n) is 1.57. The Morgan fingerprint density at radius 3 is 2.08 bits per heavy atom. The van der Waals surface area contributed by atoms with Crippen molar-refractivity contribution in [3.05, 3.63) is 29.8 Å². The van der Waals surface area contributed by atoms with Crippen LogP contribution in [-0.2, 0) is 0 Å². The lowest BCUT2D eigenvalue weighted by Gasteiger charge is -2.22. The highest BCUT2D eigenvalue weighted by molar-refractivity contribution is 5.49. The van der Waals surface area contributed by atoms with Crippen LogP contribution in [0.2, 0.25) is 0 Å². The molecule has 0 amide bonds. The maximum atomic E-state index is 5.26. The number of benzene rings is 1. The van der Waals surface area contributed by atoms with Crippen molar-refractivity contribution in [2.24, 2.45) is 0 Å². The second-order valence-corrected chi connectivity index (χ2v) is 4.10. The van der Waals surface area contributed by atoms with E-state index in [1.165, 1.54) is 0 Å². The molecule has 0 heterocycles. The summed E-state index contributed by atoms with van der Waals surface area (Å²) >= 11 is 0. The molecule has 0 atom stereocenters. The van der Waals surface area contributed by atoms with E-state index in [9.17, 15) is 0 Å². The van der Waals surface area contributed by atoms with E-state index in [0.717, 1.165) is 11.3 Å². The normalized spacial score (nSPS) is 10.6. The number of nitrogens with one attached hydrogen (secondary N) is 1. The van der Waals surface area contributed by atoms with Crippen molar-refractivity contribution >= 4 is 5.69 Å². The van der Waals surface area contributed by atoms with Gasteiger partial charge in [0.1, 0.15) is 0 Å². The molecule has 0 spiro atoms. The van der Waals surface area contributed by atoms with E-state index in [1.807, 2.05) is 24.3 Å². The Morgan fingerprint density at radius 1 is 1.15 bits per heavy atom. The molecule has 0 bridgehead atoms. The van der Waals surface area contributed by atoms with Crippen LogP contribution in [-0.4, -0.2) is 5.54 Å². The maximum absolute atomic E-state index is 5.26. The minimum Gasteiger partial charge on any atom is -0.380 e. The molecule has 0 unspecified atom stereocenters. The van der Waals surface area contributed by atoms with Crippen molar-refractivity contribution in [3.8, 4) is 12.3 Å². The van der Waals surface area contributed by atoms with Gasteiger partial charge in [0.15, 0.2) is 0 Å². The van der Waals surface area contributed by atoms with Crippen LogP contribution in [0.15, 0.2) is 24.3 Å². The Labute approximate surface area is 80.2 Å². The summed E-state index contributed by atoms with van der Waals surface area (Å²) in [6.07, 6.45) is 5.26. The highest BCUT2D eigenvalue weighted by atomic mass is 14.9. The first-order valence-corrected chi connectivity index (χ1v) is 4.36. The minimum absolute atomic E-state index is 0.0949. The molecule has 1 aromatic carbocycles. The van der Waals surface area contributed by atoms with Crippen LogP contribution in [0.4, 0.5) is 5.69 Å². The first-order valence-electron chi connectivity index (χ1n) is 4.36. The fourth-order valence-electron chi connectivity index (χ4n) is 1.08. The predicted octanol–water partition coefficient (Wildman–Crippen LogP) is 2.88. The van der Waals surface area contributed by atoms with Gasteiger partial charge in [-0.3, -0.25) is 0 Å². The van der Waals surface area contributed by atoms with Gasteiger partial charge >= 0.3 is 0 Å². The van der Waals surface area contributed by atoms with Gasteiger partial charge in [-0.1, -0.05) is 5.92 Å². The summed E-state index contributed by atoms with van der Waals surface area (Å²) < 4.78 is 0. The van der Waals surface area contributed by atoms with Gasteiger partial charge < -0.3 is 5.32 Å². The van der Waals surface area contributed by atoms with Gasteiger partial charge in [-0.15, -0.1) is 6.42 Å². The van der Waals surface area contributed by atoms with Crippen LogP contribution in [0.5, 0.6) is 0 Å². The van der Waals surface area contributed by atoms with Gasteiger partial charge in [0, 0.05) is 16.8 Å². The molecular formula is C12H15N. The Balaban J connectivity index is 2.77. The Morgan fingerprint density at radius 2 is 1.69 bits per heavy atom. The number of anilines is 1. The molecule has 0 radical (unpaired) electrons. The smallest absolute Gasteiger partial charge is 0.0345 e. The van der Waals surface area contributed by atoms with Crippen molar-refractivity contribution in [3.63, 3.8) is 0 Å². The van der Waals surface area contributed by atoms with Crippen LogP contribution in [0.25, 0.3) is 0 Å². The van der Waals surface area contributed by atoms with Crippen LogP contribution >= 0.6 is 0 Å². The standard InChI is InChI=1S/C12H15N/c1-5-10-6-8-11(9-7-10)13-12(2,3)4/h1,6-9,13H,2-4H3. The van der Waals surface area contributed by atoms with E-state index in [0.29, 0.717) is 0 Å². The summed E-state index contributed by atoms with van der Waals surface area (Å²) in [5.41, 5.74) is 2.11. The number of terminal acetylenes is 1. The molecule has 0 saturated heterocycles. The van der Waals surface area contributed by atoms with E-state index in [2.05, 4.69) is 32.0 Å². The second kappa shape index (κ2) is 3.53. The molecule has 1 nitrogen and oxygen atoms in total. The fourth-order valence-corrected chi connectivity index (χ4v) is 1.08. The number of hydrogen-bond donors (Lipinski definition) is 1. The summed E-state index contributed by atoms with van der Waals surface area (Å²) in [6.45, 7) is 6.38. The van der Waals surface area contributed by atoms with Gasteiger partial charge in [0.05, 0.1) is 0 Å². The van der Waals surface area contributed by atoms with Crippen molar-refractivity contribution in [1.82, 2.24) is 0 Å². The molecule has 0 aliphatic heterocycles. The van der Waals surface area contributed by atoms with Crippen LogP contribution in [0.3, 0.4) is 0 Å². The predicted molar refractivity (Wildman–Crippen MR) is 57.8 cm³/mol. The summed E-state index contributed by atoms with van der Waals surface area (Å²) in [5.74, 6) is 2.59. The lowest BCUT2D eigenvalue weighted by molar-refractivity contribution is 0.634. The first kappa shape index (κ1) is 9.67. The topological polar surface area (TPSA) is 12.0 Å².